The van der Waals surface area contributed by atoms with Crippen molar-refractivity contribution in [3.8, 4) is 22.6 Å². The van der Waals surface area contributed by atoms with Gasteiger partial charge in [0.1, 0.15) is 23.8 Å². The van der Waals surface area contributed by atoms with Gasteiger partial charge in [0.25, 0.3) is 0 Å². The zero-order valence-corrected chi connectivity index (χ0v) is 23.1. The van der Waals surface area contributed by atoms with Gasteiger partial charge in [0.15, 0.2) is 0 Å². The van der Waals surface area contributed by atoms with Crippen molar-refractivity contribution in [1.29, 1.82) is 0 Å². The molecule has 6 aromatic rings. The van der Waals surface area contributed by atoms with E-state index in [1.807, 2.05) is 59.1 Å². The third-order valence-corrected chi connectivity index (χ3v) is 7.97. The molecule has 1 fully saturated rings. The molecule has 0 unspecified atom stereocenters. The summed E-state index contributed by atoms with van der Waals surface area (Å²) in [6.45, 7) is 1.45. The summed E-state index contributed by atoms with van der Waals surface area (Å²) in [6, 6.07) is 30.3. The molecule has 42 heavy (non-hydrogen) atoms. The van der Waals surface area contributed by atoms with E-state index >= 15 is 0 Å². The first-order chi connectivity index (χ1) is 20.6. The van der Waals surface area contributed by atoms with Gasteiger partial charge in [-0.05, 0) is 30.5 Å². The number of nitrogens with zero attached hydrogens (tertiary/aromatic N) is 5. The van der Waals surface area contributed by atoms with Crippen LogP contribution in [0.2, 0.25) is 0 Å². The quantitative estimate of drug-likeness (QED) is 0.254. The summed E-state index contributed by atoms with van der Waals surface area (Å²) >= 11 is 0. The molecular weight excluding hydrogens is 524 g/mol. The van der Waals surface area contributed by atoms with E-state index < -0.39 is 0 Å². The van der Waals surface area contributed by atoms with Crippen LogP contribution in [0.4, 0.5) is 10.6 Å². The Morgan fingerprint density at radius 2 is 1.62 bits per heavy atom. The van der Waals surface area contributed by atoms with Crippen LogP contribution < -0.4 is 5.73 Å². The van der Waals surface area contributed by atoms with Crippen molar-refractivity contribution in [2.24, 2.45) is 0 Å². The van der Waals surface area contributed by atoms with E-state index in [4.69, 9.17) is 20.4 Å². The number of hydrogen-bond acceptors (Lipinski definition) is 6. The van der Waals surface area contributed by atoms with E-state index in [1.165, 1.54) is 0 Å². The number of nitrogen functional groups attached to an aromatic ring is 1. The number of likely N-dealkylation sites (tertiary alicyclic amines) is 1. The zero-order valence-electron chi connectivity index (χ0n) is 23.1. The van der Waals surface area contributed by atoms with Crippen molar-refractivity contribution in [2.75, 3.05) is 18.8 Å². The molecule has 1 amide bonds. The van der Waals surface area contributed by atoms with E-state index in [-0.39, 0.29) is 18.6 Å². The first kappa shape index (κ1) is 25.7. The summed E-state index contributed by atoms with van der Waals surface area (Å²) in [4.78, 5) is 29.0. The van der Waals surface area contributed by atoms with Crippen LogP contribution in [0.5, 0.6) is 0 Å². The summed E-state index contributed by atoms with van der Waals surface area (Å²) in [7, 11) is 0. The van der Waals surface area contributed by atoms with E-state index in [9.17, 15) is 4.79 Å². The summed E-state index contributed by atoms with van der Waals surface area (Å²) < 4.78 is 7.59. The maximum atomic E-state index is 12.7. The lowest BCUT2D eigenvalue weighted by Gasteiger charge is -2.30. The van der Waals surface area contributed by atoms with Crippen molar-refractivity contribution in [3.63, 3.8) is 0 Å². The fourth-order valence-electron chi connectivity index (χ4n) is 5.75. The molecule has 8 heteroatoms. The minimum atomic E-state index is -0.285. The van der Waals surface area contributed by atoms with Crippen LogP contribution in [-0.4, -0.2) is 43.4 Å². The molecule has 0 atom stereocenters. The zero-order chi connectivity index (χ0) is 28.5. The molecule has 2 N–H and O–H groups in total. The molecule has 8 nitrogen and oxygen atoms in total. The van der Waals surface area contributed by atoms with Gasteiger partial charge in [0, 0.05) is 47.9 Å². The normalized spacial score (nSPS) is 14.0. The molecule has 1 aliphatic heterocycles. The lowest BCUT2D eigenvalue weighted by molar-refractivity contribution is 0.0869. The van der Waals surface area contributed by atoms with Gasteiger partial charge in [-0.15, -0.1) is 0 Å². The highest BCUT2D eigenvalue weighted by Gasteiger charge is 2.29. The monoisotopic (exact) mass is 554 g/mol. The number of hydrogen-bond donors (Lipinski definition) is 1. The molecule has 0 radical (unpaired) electrons. The Labute approximate surface area is 243 Å². The minimum Gasteiger partial charge on any atom is -0.445 e. The second-order valence-corrected chi connectivity index (χ2v) is 10.6. The molecule has 0 saturated carbocycles. The molecule has 0 bridgehead atoms. The minimum absolute atomic E-state index is 0.140. The number of carbonyl (C=O) groups is 1. The summed E-state index contributed by atoms with van der Waals surface area (Å²) in [5.41, 5.74) is 13.0. The highest BCUT2D eigenvalue weighted by Crippen LogP contribution is 2.36. The maximum absolute atomic E-state index is 12.7. The molecule has 1 aliphatic rings. The standard InChI is InChI=1S/C34H30N6O2/c35-32-31-30(26-15-18-39(19-16-26)34(41)42-22-23-7-3-1-4-8-23)38-33(40(31)20-17-36-32)27-12-11-25-13-14-28(37-29(25)21-27)24-9-5-2-6-10-24/h1-14,17,20-21,26H,15-16,18-19,22H2,(H2,35,36). The summed E-state index contributed by atoms with van der Waals surface area (Å²) in [5.74, 6) is 1.38. The fraction of sp³-hybridized carbons (Fsp3) is 0.176. The Bertz CT molecular complexity index is 1880. The lowest BCUT2D eigenvalue weighted by Crippen LogP contribution is -2.38. The molecule has 4 heterocycles. The van der Waals surface area contributed by atoms with Gasteiger partial charge in [-0.1, -0.05) is 78.9 Å². The number of piperidine rings is 1. The van der Waals surface area contributed by atoms with Crippen molar-refractivity contribution in [2.45, 2.75) is 25.4 Å². The van der Waals surface area contributed by atoms with Crippen molar-refractivity contribution in [1.82, 2.24) is 24.3 Å². The second kappa shape index (κ2) is 11.0. The molecule has 0 aliphatic carbocycles. The first-order valence-corrected chi connectivity index (χ1v) is 14.2. The molecule has 1 saturated heterocycles. The van der Waals surface area contributed by atoms with Gasteiger partial charge in [0.05, 0.1) is 16.9 Å². The Morgan fingerprint density at radius 3 is 2.40 bits per heavy atom. The van der Waals surface area contributed by atoms with Crippen molar-refractivity contribution >= 4 is 28.3 Å². The van der Waals surface area contributed by atoms with E-state index in [1.54, 1.807) is 11.1 Å². The molecule has 3 aromatic carbocycles. The molecule has 3 aromatic heterocycles. The number of pyridine rings is 1. The Morgan fingerprint density at radius 1 is 0.881 bits per heavy atom. The van der Waals surface area contributed by atoms with Crippen molar-refractivity contribution in [3.05, 3.63) is 115 Å². The third-order valence-electron chi connectivity index (χ3n) is 7.97. The molecule has 7 rings (SSSR count). The predicted octanol–water partition coefficient (Wildman–Crippen LogP) is 6.71. The van der Waals surface area contributed by atoms with Crippen LogP contribution in [0, 0.1) is 0 Å². The number of aromatic nitrogens is 4. The Hall–Kier alpha value is -5.24. The van der Waals surface area contributed by atoms with Crippen LogP contribution in [-0.2, 0) is 11.3 Å². The van der Waals surface area contributed by atoms with Gasteiger partial charge in [0.2, 0.25) is 0 Å². The number of imidazole rings is 1. The number of amides is 1. The summed E-state index contributed by atoms with van der Waals surface area (Å²) in [5, 5.41) is 1.06. The van der Waals surface area contributed by atoms with Crippen LogP contribution in [0.15, 0.2) is 103 Å². The van der Waals surface area contributed by atoms with Gasteiger partial charge in [-0.25, -0.2) is 19.7 Å². The van der Waals surface area contributed by atoms with E-state index in [0.29, 0.717) is 18.9 Å². The first-order valence-electron chi connectivity index (χ1n) is 14.2. The lowest BCUT2D eigenvalue weighted by atomic mass is 9.93. The molecule has 208 valence electrons. The number of ether oxygens (including phenoxy) is 1. The summed E-state index contributed by atoms with van der Waals surface area (Å²) in [6.07, 6.45) is 4.86. The van der Waals surface area contributed by atoms with Gasteiger partial charge in [-0.3, -0.25) is 4.40 Å². The van der Waals surface area contributed by atoms with E-state index in [0.717, 1.165) is 63.2 Å². The number of benzene rings is 3. The highest BCUT2D eigenvalue weighted by atomic mass is 16.6. The number of fused-ring (bicyclic) bond motifs is 2. The highest BCUT2D eigenvalue weighted by molar-refractivity contribution is 5.86. The average molecular weight is 555 g/mol. The predicted molar refractivity (Wildman–Crippen MR) is 164 cm³/mol. The number of carbonyl (C=O) groups excluding carboxylic acids is 1. The largest absolute Gasteiger partial charge is 0.445 e. The topological polar surface area (TPSA) is 98.6 Å². The molecular formula is C34H30N6O2. The van der Waals surface area contributed by atoms with Crippen molar-refractivity contribution < 1.29 is 9.53 Å². The fourth-order valence-corrected chi connectivity index (χ4v) is 5.75. The van der Waals surface area contributed by atoms with Crippen LogP contribution in [0.25, 0.3) is 39.1 Å². The van der Waals surface area contributed by atoms with Gasteiger partial charge >= 0.3 is 6.09 Å². The van der Waals surface area contributed by atoms with Crippen LogP contribution >= 0.6 is 0 Å². The number of anilines is 1. The van der Waals surface area contributed by atoms with Crippen LogP contribution in [0.3, 0.4) is 0 Å². The number of rotatable bonds is 5. The molecule has 0 spiro atoms. The average Bonchev–Trinajstić information content (AvgIpc) is 3.45. The maximum Gasteiger partial charge on any atom is 0.410 e. The number of nitrogens with two attached hydrogens (primary N) is 1. The van der Waals surface area contributed by atoms with E-state index in [2.05, 4.69) is 47.4 Å². The Balaban J connectivity index is 1.16. The Kier molecular flexibility index (Phi) is 6.71. The van der Waals surface area contributed by atoms with Gasteiger partial charge < -0.3 is 15.4 Å². The smallest absolute Gasteiger partial charge is 0.410 e. The SMILES string of the molecule is Nc1nccn2c(-c3ccc4ccc(-c5ccccc5)nc4c3)nc(C3CCN(C(=O)OCc4ccccc4)CC3)c12. The second-order valence-electron chi connectivity index (χ2n) is 10.6. The third kappa shape index (κ3) is 4.92. The van der Waals surface area contributed by atoms with Crippen LogP contribution in [0.1, 0.15) is 30.0 Å². The van der Waals surface area contributed by atoms with Gasteiger partial charge in [-0.2, -0.15) is 0 Å².